The molecule has 1 fully saturated rings. The predicted molar refractivity (Wildman–Crippen MR) is 81.1 cm³/mol. The summed E-state index contributed by atoms with van der Waals surface area (Å²) in [6, 6.07) is 9.51. The van der Waals surface area contributed by atoms with Crippen molar-refractivity contribution in [2.24, 2.45) is 0 Å². The molecule has 4 N–H and O–H groups in total. The Morgan fingerprint density at radius 2 is 1.82 bits per heavy atom. The third-order valence-corrected chi connectivity index (χ3v) is 3.70. The van der Waals surface area contributed by atoms with Gasteiger partial charge in [0.15, 0.2) is 6.29 Å². The van der Waals surface area contributed by atoms with E-state index in [0.717, 1.165) is 18.5 Å². The molecule has 0 unspecified atom stereocenters. The van der Waals surface area contributed by atoms with E-state index in [4.69, 9.17) is 9.47 Å². The fourth-order valence-corrected chi connectivity index (χ4v) is 2.40. The summed E-state index contributed by atoms with van der Waals surface area (Å²) >= 11 is 0. The number of hydrogen-bond acceptors (Lipinski definition) is 6. The fraction of sp³-hybridized carbons (Fsp3) is 0.625. The van der Waals surface area contributed by atoms with Crippen LogP contribution in [0.1, 0.15) is 18.9 Å². The Labute approximate surface area is 130 Å². The zero-order valence-electron chi connectivity index (χ0n) is 12.8. The summed E-state index contributed by atoms with van der Waals surface area (Å²) in [5, 5.41) is 33.1. The quantitative estimate of drug-likeness (QED) is 0.530. The van der Waals surface area contributed by atoms with Gasteiger partial charge >= 0.3 is 0 Å². The molecule has 1 aliphatic heterocycles. The largest absolute Gasteiger partial charge is 0.388 e. The molecule has 0 aliphatic carbocycles. The van der Waals surface area contributed by atoms with Crippen LogP contribution >= 0.6 is 0 Å². The van der Waals surface area contributed by atoms with Crippen molar-refractivity contribution in [2.45, 2.75) is 50.7 Å². The molecule has 22 heavy (non-hydrogen) atoms. The van der Waals surface area contributed by atoms with Crippen LogP contribution in [-0.4, -0.2) is 59.1 Å². The van der Waals surface area contributed by atoms with Gasteiger partial charge in [-0.15, -0.1) is 0 Å². The SMILES string of the molecule is CCCNC[C@H]1O[C@H](OCc2ccccc2)[C@@H](O)[C@H](O)[C@@H]1O. The zero-order valence-corrected chi connectivity index (χ0v) is 12.8. The second-order valence-corrected chi connectivity index (χ2v) is 5.52. The topological polar surface area (TPSA) is 91.2 Å². The van der Waals surface area contributed by atoms with Crippen molar-refractivity contribution in [3.8, 4) is 0 Å². The van der Waals surface area contributed by atoms with Gasteiger partial charge in [0.1, 0.15) is 24.4 Å². The molecule has 0 aromatic heterocycles. The Morgan fingerprint density at radius 3 is 2.50 bits per heavy atom. The predicted octanol–water partition coefficient (Wildman–Crippen LogP) is 0.0104. The summed E-state index contributed by atoms with van der Waals surface area (Å²) in [4.78, 5) is 0. The lowest BCUT2D eigenvalue weighted by atomic mass is 9.99. The van der Waals surface area contributed by atoms with E-state index in [2.05, 4.69) is 5.32 Å². The number of nitrogens with one attached hydrogen (secondary N) is 1. The van der Waals surface area contributed by atoms with Crippen molar-refractivity contribution in [3.63, 3.8) is 0 Å². The Kier molecular flexibility index (Phi) is 6.75. The van der Waals surface area contributed by atoms with E-state index < -0.39 is 30.7 Å². The third kappa shape index (κ3) is 4.49. The van der Waals surface area contributed by atoms with Gasteiger partial charge < -0.3 is 30.1 Å². The molecule has 0 spiro atoms. The average Bonchev–Trinajstić information content (AvgIpc) is 2.55. The minimum Gasteiger partial charge on any atom is -0.388 e. The summed E-state index contributed by atoms with van der Waals surface area (Å²) in [7, 11) is 0. The van der Waals surface area contributed by atoms with Crippen molar-refractivity contribution in [1.29, 1.82) is 0 Å². The molecule has 1 heterocycles. The van der Waals surface area contributed by atoms with Crippen LogP contribution < -0.4 is 5.32 Å². The van der Waals surface area contributed by atoms with E-state index in [-0.39, 0.29) is 6.61 Å². The monoisotopic (exact) mass is 311 g/mol. The highest BCUT2D eigenvalue weighted by molar-refractivity contribution is 5.13. The standard InChI is InChI=1S/C16H25NO5/c1-2-8-17-9-12-13(18)14(19)15(20)16(22-12)21-10-11-6-4-3-5-7-11/h3-7,12-20H,2,8-10H2,1H3/t12-,13-,14-,15+,16+/m1/s1. The highest BCUT2D eigenvalue weighted by Crippen LogP contribution is 2.22. The third-order valence-electron chi connectivity index (χ3n) is 3.70. The molecule has 1 aliphatic rings. The molecule has 6 heteroatoms. The van der Waals surface area contributed by atoms with Crippen LogP contribution in [0.4, 0.5) is 0 Å². The average molecular weight is 311 g/mol. The Morgan fingerprint density at radius 1 is 1.09 bits per heavy atom. The molecular formula is C16H25NO5. The first-order valence-corrected chi connectivity index (χ1v) is 7.69. The summed E-state index contributed by atoms with van der Waals surface area (Å²) in [5.74, 6) is 0. The second-order valence-electron chi connectivity index (χ2n) is 5.52. The molecule has 1 aromatic rings. The highest BCUT2D eigenvalue weighted by Gasteiger charge is 2.43. The number of rotatable bonds is 7. The van der Waals surface area contributed by atoms with Crippen molar-refractivity contribution < 1.29 is 24.8 Å². The van der Waals surface area contributed by atoms with Gasteiger partial charge in [-0.3, -0.25) is 0 Å². The molecule has 0 amide bonds. The maximum atomic E-state index is 9.99. The van der Waals surface area contributed by atoms with Crippen LogP contribution in [0.3, 0.4) is 0 Å². The summed E-state index contributed by atoms with van der Waals surface area (Å²) < 4.78 is 11.2. The molecule has 1 saturated heterocycles. The molecule has 5 atom stereocenters. The van der Waals surface area contributed by atoms with E-state index in [1.807, 2.05) is 37.3 Å². The summed E-state index contributed by atoms with van der Waals surface area (Å²) in [6.07, 6.45) is -4.33. The summed E-state index contributed by atoms with van der Waals surface area (Å²) in [5.41, 5.74) is 0.944. The van der Waals surface area contributed by atoms with E-state index in [1.165, 1.54) is 0 Å². The van der Waals surface area contributed by atoms with Crippen LogP contribution in [-0.2, 0) is 16.1 Å². The van der Waals surface area contributed by atoms with Gasteiger partial charge in [-0.1, -0.05) is 37.3 Å². The van der Waals surface area contributed by atoms with Gasteiger partial charge in [0.2, 0.25) is 0 Å². The van der Waals surface area contributed by atoms with Gasteiger partial charge in [0.05, 0.1) is 6.61 Å². The lowest BCUT2D eigenvalue weighted by molar-refractivity contribution is -0.298. The highest BCUT2D eigenvalue weighted by atomic mass is 16.7. The van der Waals surface area contributed by atoms with E-state index in [0.29, 0.717) is 6.54 Å². The number of ether oxygens (including phenoxy) is 2. The molecule has 6 nitrogen and oxygen atoms in total. The van der Waals surface area contributed by atoms with Gasteiger partial charge in [0, 0.05) is 6.54 Å². The Balaban J connectivity index is 1.91. The normalized spacial score (nSPS) is 32.1. The van der Waals surface area contributed by atoms with Gasteiger partial charge in [-0.2, -0.15) is 0 Å². The number of aliphatic hydroxyl groups is 3. The van der Waals surface area contributed by atoms with Crippen LogP contribution in [0.2, 0.25) is 0 Å². The lowest BCUT2D eigenvalue weighted by Crippen LogP contribution is -2.60. The number of aliphatic hydroxyl groups excluding tert-OH is 3. The minimum absolute atomic E-state index is 0.264. The van der Waals surface area contributed by atoms with Crippen molar-refractivity contribution >= 4 is 0 Å². The molecule has 124 valence electrons. The second kappa shape index (κ2) is 8.57. The zero-order chi connectivity index (χ0) is 15.9. The maximum absolute atomic E-state index is 9.99. The van der Waals surface area contributed by atoms with E-state index >= 15 is 0 Å². The molecule has 0 radical (unpaired) electrons. The van der Waals surface area contributed by atoms with Crippen molar-refractivity contribution in [2.75, 3.05) is 13.1 Å². The maximum Gasteiger partial charge on any atom is 0.186 e. The van der Waals surface area contributed by atoms with Gasteiger partial charge in [-0.25, -0.2) is 0 Å². The first-order chi connectivity index (χ1) is 10.6. The van der Waals surface area contributed by atoms with E-state index in [1.54, 1.807) is 0 Å². The molecular weight excluding hydrogens is 286 g/mol. The molecule has 2 rings (SSSR count). The van der Waals surface area contributed by atoms with Crippen molar-refractivity contribution in [1.82, 2.24) is 5.32 Å². The van der Waals surface area contributed by atoms with Gasteiger partial charge in [0.25, 0.3) is 0 Å². The lowest BCUT2D eigenvalue weighted by Gasteiger charge is -2.40. The minimum atomic E-state index is -1.29. The van der Waals surface area contributed by atoms with Crippen LogP contribution in [0, 0.1) is 0 Å². The molecule has 0 bridgehead atoms. The van der Waals surface area contributed by atoms with Crippen LogP contribution in [0.25, 0.3) is 0 Å². The number of benzene rings is 1. The number of hydrogen-bond donors (Lipinski definition) is 4. The molecule has 0 saturated carbocycles. The first-order valence-electron chi connectivity index (χ1n) is 7.69. The van der Waals surface area contributed by atoms with Crippen LogP contribution in [0.15, 0.2) is 30.3 Å². The molecule has 1 aromatic carbocycles. The first kappa shape index (κ1) is 17.3. The van der Waals surface area contributed by atoms with Crippen molar-refractivity contribution in [3.05, 3.63) is 35.9 Å². The van der Waals surface area contributed by atoms with E-state index in [9.17, 15) is 15.3 Å². The van der Waals surface area contributed by atoms with Crippen LogP contribution in [0.5, 0.6) is 0 Å². The smallest absolute Gasteiger partial charge is 0.186 e. The summed E-state index contributed by atoms with van der Waals surface area (Å²) in [6.45, 7) is 3.49. The Bertz CT molecular complexity index is 430. The fourth-order valence-electron chi connectivity index (χ4n) is 2.40. The Hall–Kier alpha value is -1.02. The van der Waals surface area contributed by atoms with Gasteiger partial charge in [-0.05, 0) is 18.5 Å².